The van der Waals surface area contributed by atoms with Crippen molar-refractivity contribution in [2.75, 3.05) is 32.9 Å². The minimum Gasteiger partial charge on any atom is -0.395 e. The molecule has 2 N–H and O–H groups in total. The summed E-state index contributed by atoms with van der Waals surface area (Å²) in [5.74, 6) is 0. The Kier molecular flexibility index (Phi) is 18.8. The monoisotopic (exact) mass is 317 g/mol. The summed E-state index contributed by atoms with van der Waals surface area (Å²) in [4.78, 5) is 5.53. The lowest BCUT2D eigenvalue weighted by atomic mass is 10.1. The zero-order chi connectivity index (χ0) is 16.3. The minimum atomic E-state index is 0.0679. The summed E-state index contributed by atoms with van der Waals surface area (Å²) in [6.45, 7) is 4.04. The van der Waals surface area contributed by atoms with E-state index in [4.69, 9.17) is 15.1 Å². The quantitative estimate of drug-likeness (QED) is 0.297. The van der Waals surface area contributed by atoms with Crippen LogP contribution < -0.4 is 0 Å². The maximum atomic E-state index is 8.86. The van der Waals surface area contributed by atoms with Crippen LogP contribution in [0.25, 0.3) is 0 Å². The molecule has 0 amide bonds. The van der Waals surface area contributed by atoms with E-state index < -0.39 is 0 Å². The summed E-state index contributed by atoms with van der Waals surface area (Å²) in [5.41, 5.74) is 0. The molecule has 0 aliphatic carbocycles. The Morgan fingerprint density at radius 3 is 1.45 bits per heavy atom. The predicted octanol–water partition coefficient (Wildman–Crippen LogP) is 3.91. The maximum absolute atomic E-state index is 8.86. The Morgan fingerprint density at radius 1 is 0.636 bits per heavy atom. The molecule has 4 heteroatoms. The highest BCUT2D eigenvalue weighted by atomic mass is 16.7. The second kappa shape index (κ2) is 18.9. The SMILES string of the molecule is CCCCCCCCCCCCCCON(CCO)CCO. The molecule has 0 heterocycles. The zero-order valence-corrected chi connectivity index (χ0v) is 14.8. The highest BCUT2D eigenvalue weighted by Gasteiger charge is 2.03. The normalized spacial score (nSPS) is 11.5. The molecule has 0 bridgehead atoms. The molecular weight excluding hydrogens is 278 g/mol. The van der Waals surface area contributed by atoms with Crippen molar-refractivity contribution in [3.8, 4) is 0 Å². The average molecular weight is 318 g/mol. The lowest BCUT2D eigenvalue weighted by Crippen LogP contribution is -2.30. The van der Waals surface area contributed by atoms with Gasteiger partial charge in [0, 0.05) is 13.1 Å². The summed E-state index contributed by atoms with van der Waals surface area (Å²) >= 11 is 0. The average Bonchev–Trinajstić information content (AvgIpc) is 2.52. The minimum absolute atomic E-state index is 0.0679. The van der Waals surface area contributed by atoms with E-state index in [1.807, 2.05) is 0 Å². The second-order valence-electron chi connectivity index (χ2n) is 6.10. The molecule has 0 rings (SSSR count). The molecule has 0 fully saturated rings. The van der Waals surface area contributed by atoms with E-state index in [1.165, 1.54) is 70.6 Å². The summed E-state index contributed by atoms with van der Waals surface area (Å²) < 4.78 is 0. The molecule has 0 unspecified atom stereocenters. The second-order valence-corrected chi connectivity index (χ2v) is 6.10. The van der Waals surface area contributed by atoms with Gasteiger partial charge in [-0.1, -0.05) is 77.6 Å². The van der Waals surface area contributed by atoms with Gasteiger partial charge in [0.2, 0.25) is 0 Å². The number of nitrogens with zero attached hydrogens (tertiary/aromatic N) is 1. The Hall–Kier alpha value is -0.160. The summed E-state index contributed by atoms with van der Waals surface area (Å²) in [6.07, 6.45) is 16.1. The highest BCUT2D eigenvalue weighted by molar-refractivity contribution is 4.49. The molecule has 0 radical (unpaired) electrons. The fourth-order valence-electron chi connectivity index (χ4n) is 2.60. The third-order valence-electron chi connectivity index (χ3n) is 3.97. The van der Waals surface area contributed by atoms with Crippen LogP contribution in [0.5, 0.6) is 0 Å². The number of aliphatic hydroxyl groups excluding tert-OH is 2. The Balaban J connectivity index is 3.16. The van der Waals surface area contributed by atoms with Gasteiger partial charge < -0.3 is 10.2 Å². The van der Waals surface area contributed by atoms with Crippen LogP contribution in [0.2, 0.25) is 0 Å². The van der Waals surface area contributed by atoms with E-state index in [1.54, 1.807) is 5.06 Å². The zero-order valence-electron chi connectivity index (χ0n) is 14.8. The van der Waals surface area contributed by atoms with Gasteiger partial charge in [-0.15, -0.1) is 0 Å². The number of rotatable bonds is 18. The van der Waals surface area contributed by atoms with Crippen LogP contribution in [0.4, 0.5) is 0 Å². The van der Waals surface area contributed by atoms with Gasteiger partial charge in [0.05, 0.1) is 19.8 Å². The lowest BCUT2D eigenvalue weighted by Gasteiger charge is -2.19. The van der Waals surface area contributed by atoms with Crippen molar-refractivity contribution >= 4 is 0 Å². The third-order valence-corrected chi connectivity index (χ3v) is 3.97. The largest absolute Gasteiger partial charge is 0.395 e. The van der Waals surface area contributed by atoms with Gasteiger partial charge in [-0.2, -0.15) is 5.06 Å². The number of hydroxylamine groups is 2. The lowest BCUT2D eigenvalue weighted by molar-refractivity contribution is -0.169. The van der Waals surface area contributed by atoms with Gasteiger partial charge >= 0.3 is 0 Å². The summed E-state index contributed by atoms with van der Waals surface area (Å²) in [6, 6.07) is 0. The van der Waals surface area contributed by atoms with Crippen LogP contribution in [0, 0.1) is 0 Å². The molecular formula is C18H39NO3. The van der Waals surface area contributed by atoms with Crippen molar-refractivity contribution in [1.29, 1.82) is 0 Å². The standard InChI is InChI=1S/C18H39NO3/c1-2-3-4-5-6-7-8-9-10-11-12-13-18-22-19(14-16-20)15-17-21/h20-21H,2-18H2,1H3. The van der Waals surface area contributed by atoms with Crippen LogP contribution in [0.1, 0.15) is 84.0 Å². The van der Waals surface area contributed by atoms with Crippen molar-refractivity contribution in [3.05, 3.63) is 0 Å². The fraction of sp³-hybridized carbons (Fsp3) is 1.00. The van der Waals surface area contributed by atoms with Gasteiger partial charge in [0.1, 0.15) is 0 Å². The van der Waals surface area contributed by atoms with E-state index in [9.17, 15) is 0 Å². The first-order chi connectivity index (χ1) is 10.8. The Labute approximate surface area is 137 Å². The van der Waals surface area contributed by atoms with E-state index in [2.05, 4.69) is 6.92 Å². The molecule has 0 aromatic heterocycles. The van der Waals surface area contributed by atoms with Crippen LogP contribution in [-0.2, 0) is 4.84 Å². The molecule has 0 aromatic rings. The van der Waals surface area contributed by atoms with Crippen molar-refractivity contribution in [3.63, 3.8) is 0 Å². The molecule has 0 atom stereocenters. The van der Waals surface area contributed by atoms with Crippen LogP contribution >= 0.6 is 0 Å². The maximum Gasteiger partial charge on any atom is 0.0685 e. The third kappa shape index (κ3) is 16.2. The van der Waals surface area contributed by atoms with Crippen molar-refractivity contribution < 1.29 is 15.1 Å². The summed E-state index contributed by atoms with van der Waals surface area (Å²) in [7, 11) is 0. The molecule has 4 nitrogen and oxygen atoms in total. The smallest absolute Gasteiger partial charge is 0.0685 e. The van der Waals surface area contributed by atoms with Gasteiger partial charge in [0.25, 0.3) is 0 Å². The number of hydrogen-bond donors (Lipinski definition) is 2. The molecule has 0 spiro atoms. The predicted molar refractivity (Wildman–Crippen MR) is 92.8 cm³/mol. The van der Waals surface area contributed by atoms with Crippen LogP contribution in [0.15, 0.2) is 0 Å². The molecule has 22 heavy (non-hydrogen) atoms. The molecule has 0 aliphatic heterocycles. The van der Waals surface area contributed by atoms with Gasteiger partial charge in [-0.3, -0.25) is 4.84 Å². The highest BCUT2D eigenvalue weighted by Crippen LogP contribution is 2.11. The van der Waals surface area contributed by atoms with Crippen molar-refractivity contribution in [1.82, 2.24) is 5.06 Å². The van der Waals surface area contributed by atoms with Crippen LogP contribution in [0.3, 0.4) is 0 Å². The fourth-order valence-corrected chi connectivity index (χ4v) is 2.60. The Bertz CT molecular complexity index is 197. The molecule has 0 saturated carbocycles. The number of aliphatic hydroxyl groups is 2. The topological polar surface area (TPSA) is 52.9 Å². The van der Waals surface area contributed by atoms with E-state index in [-0.39, 0.29) is 13.2 Å². The van der Waals surface area contributed by atoms with Gasteiger partial charge in [0.15, 0.2) is 0 Å². The molecule has 0 aromatic carbocycles. The first-order valence-corrected chi connectivity index (χ1v) is 9.44. The number of unbranched alkanes of at least 4 members (excludes halogenated alkanes) is 11. The van der Waals surface area contributed by atoms with Crippen molar-refractivity contribution in [2.24, 2.45) is 0 Å². The van der Waals surface area contributed by atoms with E-state index in [0.29, 0.717) is 19.7 Å². The molecule has 0 saturated heterocycles. The molecule has 0 aliphatic rings. The van der Waals surface area contributed by atoms with Gasteiger partial charge in [-0.05, 0) is 6.42 Å². The molecule has 134 valence electrons. The van der Waals surface area contributed by atoms with E-state index in [0.717, 1.165) is 6.42 Å². The van der Waals surface area contributed by atoms with E-state index >= 15 is 0 Å². The first kappa shape index (κ1) is 21.8. The van der Waals surface area contributed by atoms with Gasteiger partial charge in [-0.25, -0.2) is 0 Å². The van der Waals surface area contributed by atoms with Crippen LogP contribution in [-0.4, -0.2) is 48.2 Å². The Morgan fingerprint density at radius 2 is 1.05 bits per heavy atom. The van der Waals surface area contributed by atoms with Crippen molar-refractivity contribution in [2.45, 2.75) is 84.0 Å². The summed E-state index contributed by atoms with van der Waals surface area (Å²) in [5, 5.41) is 19.4. The number of hydrogen-bond acceptors (Lipinski definition) is 4. The first-order valence-electron chi connectivity index (χ1n) is 9.44.